The van der Waals surface area contributed by atoms with Crippen LogP contribution < -0.4 is 0 Å². The summed E-state index contributed by atoms with van der Waals surface area (Å²) in [6.45, 7) is 4.34. The van der Waals surface area contributed by atoms with E-state index in [2.05, 4.69) is 11.8 Å². The van der Waals surface area contributed by atoms with Gasteiger partial charge in [0.05, 0.1) is 12.5 Å². The van der Waals surface area contributed by atoms with Crippen molar-refractivity contribution in [1.82, 2.24) is 9.80 Å². The third-order valence-electron chi connectivity index (χ3n) is 5.58. The predicted octanol–water partition coefficient (Wildman–Crippen LogP) is 2.33. The van der Waals surface area contributed by atoms with Gasteiger partial charge in [0.1, 0.15) is 5.82 Å². The number of benzene rings is 1. The zero-order valence-corrected chi connectivity index (χ0v) is 14.5. The van der Waals surface area contributed by atoms with Crippen molar-refractivity contribution in [2.45, 2.75) is 38.1 Å². The van der Waals surface area contributed by atoms with Gasteiger partial charge in [0.2, 0.25) is 5.91 Å². The molecule has 2 aliphatic rings. The molecular formula is C19H25FN2O3. The molecule has 0 aliphatic carbocycles. The molecule has 2 saturated heterocycles. The summed E-state index contributed by atoms with van der Waals surface area (Å²) in [5.74, 6) is -0.914. The van der Waals surface area contributed by atoms with Crippen LogP contribution in [0.3, 0.4) is 0 Å². The molecule has 6 heteroatoms. The molecule has 2 heterocycles. The molecule has 1 aromatic rings. The Morgan fingerprint density at radius 3 is 2.44 bits per heavy atom. The molecule has 2 aliphatic heterocycles. The zero-order valence-electron chi connectivity index (χ0n) is 14.5. The van der Waals surface area contributed by atoms with Crippen molar-refractivity contribution in [3.8, 4) is 0 Å². The van der Waals surface area contributed by atoms with Gasteiger partial charge in [-0.15, -0.1) is 0 Å². The highest BCUT2D eigenvalue weighted by molar-refractivity contribution is 5.79. The first-order valence-electron chi connectivity index (χ1n) is 8.94. The second-order valence-electron chi connectivity index (χ2n) is 7.26. The summed E-state index contributed by atoms with van der Waals surface area (Å²) in [7, 11) is 0. The van der Waals surface area contributed by atoms with Gasteiger partial charge in [-0.1, -0.05) is 12.1 Å². The molecule has 0 radical (unpaired) electrons. The number of likely N-dealkylation sites (tertiary alicyclic amines) is 2. The van der Waals surface area contributed by atoms with E-state index in [9.17, 15) is 14.0 Å². The number of aliphatic carboxylic acids is 1. The lowest BCUT2D eigenvalue weighted by atomic mass is 9.97. The maximum Gasteiger partial charge on any atom is 0.306 e. The van der Waals surface area contributed by atoms with Gasteiger partial charge < -0.3 is 10.0 Å². The van der Waals surface area contributed by atoms with Crippen LogP contribution in [-0.4, -0.2) is 59.0 Å². The Hall–Kier alpha value is -1.95. The van der Waals surface area contributed by atoms with Gasteiger partial charge in [-0.05, 0) is 49.8 Å². The smallest absolute Gasteiger partial charge is 0.306 e. The molecule has 0 unspecified atom stereocenters. The van der Waals surface area contributed by atoms with E-state index < -0.39 is 5.97 Å². The lowest BCUT2D eigenvalue weighted by Gasteiger charge is -2.32. The van der Waals surface area contributed by atoms with Crippen LogP contribution >= 0.6 is 0 Å². The first kappa shape index (κ1) is 17.9. The number of amides is 1. The minimum absolute atomic E-state index is 0.0791. The monoisotopic (exact) mass is 348 g/mol. The summed E-state index contributed by atoms with van der Waals surface area (Å²) in [5, 5.41) is 9.05. The Bertz CT molecular complexity index is 626. The summed E-state index contributed by atoms with van der Waals surface area (Å²) in [6.07, 6.45) is 2.03. The van der Waals surface area contributed by atoms with Crippen LogP contribution in [0.2, 0.25) is 0 Å². The largest absolute Gasteiger partial charge is 0.481 e. The van der Waals surface area contributed by atoms with E-state index >= 15 is 0 Å². The number of halogens is 1. The number of carboxylic acids is 1. The number of nitrogens with zero attached hydrogens (tertiary/aromatic N) is 2. The molecule has 5 nitrogen and oxygen atoms in total. The Morgan fingerprint density at radius 1 is 1.20 bits per heavy atom. The summed E-state index contributed by atoms with van der Waals surface area (Å²) >= 11 is 0. The predicted molar refractivity (Wildman–Crippen MR) is 91.7 cm³/mol. The second kappa shape index (κ2) is 7.52. The lowest BCUT2D eigenvalue weighted by Crippen LogP contribution is -2.45. The van der Waals surface area contributed by atoms with Gasteiger partial charge in [0, 0.05) is 25.7 Å². The molecule has 1 N–H and O–H groups in total. The van der Waals surface area contributed by atoms with Crippen LogP contribution in [0.5, 0.6) is 0 Å². The molecule has 0 aromatic heterocycles. The number of piperidine rings is 1. The molecule has 25 heavy (non-hydrogen) atoms. The average molecular weight is 348 g/mol. The molecule has 0 spiro atoms. The van der Waals surface area contributed by atoms with Crippen LogP contribution in [0.15, 0.2) is 24.3 Å². The summed E-state index contributed by atoms with van der Waals surface area (Å²) in [6, 6.07) is 6.93. The minimum atomic E-state index is -0.762. The summed E-state index contributed by atoms with van der Waals surface area (Å²) in [4.78, 5) is 27.5. The number of hydrogen-bond acceptors (Lipinski definition) is 3. The van der Waals surface area contributed by atoms with Crippen molar-refractivity contribution in [1.29, 1.82) is 0 Å². The lowest BCUT2D eigenvalue weighted by molar-refractivity contribution is -0.146. The zero-order chi connectivity index (χ0) is 18.0. The van der Waals surface area contributed by atoms with Crippen LogP contribution in [0.4, 0.5) is 4.39 Å². The quantitative estimate of drug-likeness (QED) is 0.907. The van der Waals surface area contributed by atoms with E-state index in [1.54, 1.807) is 4.90 Å². The van der Waals surface area contributed by atoms with Gasteiger partial charge in [-0.25, -0.2) is 4.39 Å². The SMILES string of the molecule is C[C@@H]1C[C@@H](c2ccc(F)cc2)CN1CC(=O)N1CCC(C(=O)O)CC1. The van der Waals surface area contributed by atoms with E-state index in [1.165, 1.54) is 12.1 Å². The highest BCUT2D eigenvalue weighted by Crippen LogP contribution is 2.31. The standard InChI is InChI=1S/C19H25FN2O3/c1-13-10-16(14-2-4-17(20)5-3-14)11-22(13)12-18(23)21-8-6-15(7-9-21)19(24)25/h2-5,13,15-16H,6-12H2,1H3,(H,24,25)/t13-,16-/m1/s1. The Kier molecular flexibility index (Phi) is 5.37. The summed E-state index contributed by atoms with van der Waals surface area (Å²) in [5.41, 5.74) is 1.12. The fourth-order valence-electron chi connectivity index (χ4n) is 3.94. The Labute approximate surface area is 147 Å². The van der Waals surface area contributed by atoms with Gasteiger partial charge in [-0.3, -0.25) is 14.5 Å². The van der Waals surface area contributed by atoms with Crippen molar-refractivity contribution in [3.63, 3.8) is 0 Å². The van der Waals surface area contributed by atoms with Gasteiger partial charge in [0.15, 0.2) is 0 Å². The average Bonchev–Trinajstić information content (AvgIpc) is 2.96. The molecule has 2 atom stereocenters. The third-order valence-corrected chi connectivity index (χ3v) is 5.58. The molecule has 136 valence electrons. The van der Waals surface area contributed by atoms with Crippen molar-refractivity contribution in [2.75, 3.05) is 26.2 Å². The highest BCUT2D eigenvalue weighted by atomic mass is 19.1. The Balaban J connectivity index is 1.53. The normalized spacial score (nSPS) is 25.3. The minimum Gasteiger partial charge on any atom is -0.481 e. The fraction of sp³-hybridized carbons (Fsp3) is 0.579. The first-order chi connectivity index (χ1) is 11.9. The summed E-state index contributed by atoms with van der Waals surface area (Å²) < 4.78 is 13.1. The van der Waals surface area contributed by atoms with Gasteiger partial charge >= 0.3 is 5.97 Å². The van der Waals surface area contributed by atoms with Crippen LogP contribution in [0.25, 0.3) is 0 Å². The second-order valence-corrected chi connectivity index (χ2v) is 7.26. The van der Waals surface area contributed by atoms with E-state index in [-0.39, 0.29) is 17.6 Å². The third kappa shape index (κ3) is 4.18. The molecule has 1 aromatic carbocycles. The topological polar surface area (TPSA) is 60.9 Å². The van der Waals surface area contributed by atoms with E-state index in [0.717, 1.165) is 18.5 Å². The molecule has 0 saturated carbocycles. The van der Waals surface area contributed by atoms with E-state index in [4.69, 9.17) is 5.11 Å². The molecule has 2 fully saturated rings. The molecular weight excluding hydrogens is 323 g/mol. The van der Waals surface area contributed by atoms with Crippen molar-refractivity contribution in [2.24, 2.45) is 5.92 Å². The first-order valence-corrected chi connectivity index (χ1v) is 8.94. The fourth-order valence-corrected chi connectivity index (χ4v) is 3.94. The van der Waals surface area contributed by atoms with Crippen molar-refractivity contribution >= 4 is 11.9 Å². The van der Waals surface area contributed by atoms with Gasteiger partial charge in [0.25, 0.3) is 0 Å². The molecule has 0 bridgehead atoms. The van der Waals surface area contributed by atoms with Crippen molar-refractivity contribution < 1.29 is 19.1 Å². The Morgan fingerprint density at radius 2 is 1.84 bits per heavy atom. The number of carbonyl (C=O) groups is 2. The van der Waals surface area contributed by atoms with E-state index in [1.807, 2.05) is 12.1 Å². The van der Waals surface area contributed by atoms with E-state index in [0.29, 0.717) is 44.4 Å². The number of hydrogen-bond donors (Lipinski definition) is 1. The molecule has 3 rings (SSSR count). The maximum absolute atomic E-state index is 13.1. The number of carbonyl (C=O) groups excluding carboxylic acids is 1. The van der Waals surface area contributed by atoms with Crippen LogP contribution in [0, 0.1) is 11.7 Å². The van der Waals surface area contributed by atoms with Gasteiger partial charge in [-0.2, -0.15) is 0 Å². The van der Waals surface area contributed by atoms with Crippen molar-refractivity contribution in [3.05, 3.63) is 35.6 Å². The van der Waals surface area contributed by atoms with Crippen LogP contribution in [-0.2, 0) is 9.59 Å². The maximum atomic E-state index is 13.1. The molecule has 1 amide bonds. The number of carboxylic acid groups (broad SMARTS) is 1. The number of rotatable bonds is 4. The highest BCUT2D eigenvalue weighted by Gasteiger charge is 2.33. The van der Waals surface area contributed by atoms with Crippen LogP contribution in [0.1, 0.15) is 37.7 Å².